The van der Waals surface area contributed by atoms with Gasteiger partial charge in [0, 0.05) is 5.56 Å². The first-order chi connectivity index (χ1) is 6.11. The number of rotatable bonds is 2. The van der Waals surface area contributed by atoms with Crippen molar-refractivity contribution in [1.29, 1.82) is 0 Å². The Labute approximate surface area is 76.9 Å². The van der Waals surface area contributed by atoms with E-state index in [9.17, 15) is 9.18 Å². The first kappa shape index (κ1) is 9.65. The predicted molar refractivity (Wildman–Crippen MR) is 50.7 cm³/mol. The maximum absolute atomic E-state index is 13.1. The molecule has 0 aliphatic heterocycles. The smallest absolute Gasteiger partial charge is 0.152 e. The fourth-order valence-corrected chi connectivity index (χ4v) is 1.16. The van der Waals surface area contributed by atoms with Gasteiger partial charge in [-0.1, -0.05) is 18.2 Å². The standard InChI is InChI=1S/C11H11FO/c1-8(7-9(2)13)10-5-3-4-6-11(10)12/h3-7H,1-2H3/b8-7+. The van der Waals surface area contributed by atoms with E-state index in [-0.39, 0.29) is 11.6 Å². The monoisotopic (exact) mass is 178 g/mol. The molecule has 1 nitrogen and oxygen atoms in total. The summed E-state index contributed by atoms with van der Waals surface area (Å²) in [6.07, 6.45) is 1.43. The van der Waals surface area contributed by atoms with Gasteiger partial charge in [-0.15, -0.1) is 0 Å². The lowest BCUT2D eigenvalue weighted by Crippen LogP contribution is -1.89. The Morgan fingerprint density at radius 2 is 1.92 bits per heavy atom. The van der Waals surface area contributed by atoms with Crippen LogP contribution in [0.25, 0.3) is 5.57 Å². The fourth-order valence-electron chi connectivity index (χ4n) is 1.16. The Balaban J connectivity index is 3.08. The second-order valence-corrected chi connectivity index (χ2v) is 2.92. The zero-order chi connectivity index (χ0) is 9.84. The zero-order valence-corrected chi connectivity index (χ0v) is 7.67. The molecule has 0 saturated heterocycles. The molecule has 0 spiro atoms. The second-order valence-electron chi connectivity index (χ2n) is 2.92. The Hall–Kier alpha value is -1.44. The van der Waals surface area contributed by atoms with E-state index in [1.54, 1.807) is 25.1 Å². The number of allylic oxidation sites excluding steroid dienone is 2. The number of carbonyl (C=O) groups is 1. The molecule has 0 bridgehead atoms. The summed E-state index contributed by atoms with van der Waals surface area (Å²) in [7, 11) is 0. The summed E-state index contributed by atoms with van der Waals surface area (Å²) in [6, 6.07) is 6.41. The number of benzene rings is 1. The van der Waals surface area contributed by atoms with Crippen LogP contribution in [-0.4, -0.2) is 5.78 Å². The van der Waals surface area contributed by atoms with Crippen molar-refractivity contribution in [1.82, 2.24) is 0 Å². The van der Waals surface area contributed by atoms with Crippen molar-refractivity contribution in [3.8, 4) is 0 Å². The molecule has 0 unspecified atom stereocenters. The first-order valence-corrected chi connectivity index (χ1v) is 4.05. The van der Waals surface area contributed by atoms with Gasteiger partial charge in [-0.25, -0.2) is 4.39 Å². The lowest BCUT2D eigenvalue weighted by atomic mass is 10.1. The van der Waals surface area contributed by atoms with Crippen LogP contribution in [0, 0.1) is 5.82 Å². The summed E-state index contributed by atoms with van der Waals surface area (Å²) < 4.78 is 13.1. The third-order valence-corrected chi connectivity index (χ3v) is 1.72. The van der Waals surface area contributed by atoms with Crippen LogP contribution in [0.5, 0.6) is 0 Å². The van der Waals surface area contributed by atoms with Crippen molar-refractivity contribution in [2.45, 2.75) is 13.8 Å². The van der Waals surface area contributed by atoms with E-state index in [0.717, 1.165) is 0 Å². The Morgan fingerprint density at radius 3 is 2.46 bits per heavy atom. The molecular formula is C11H11FO. The van der Waals surface area contributed by atoms with Gasteiger partial charge in [-0.3, -0.25) is 4.79 Å². The highest BCUT2D eigenvalue weighted by Gasteiger charge is 2.02. The van der Waals surface area contributed by atoms with Crippen LogP contribution < -0.4 is 0 Å². The van der Waals surface area contributed by atoms with Crippen LogP contribution in [-0.2, 0) is 4.79 Å². The molecule has 0 fully saturated rings. The fraction of sp³-hybridized carbons (Fsp3) is 0.182. The largest absolute Gasteiger partial charge is 0.295 e. The average molecular weight is 178 g/mol. The summed E-state index contributed by atoms with van der Waals surface area (Å²) in [5.74, 6) is -0.363. The number of hydrogen-bond acceptors (Lipinski definition) is 1. The van der Waals surface area contributed by atoms with Crippen LogP contribution >= 0.6 is 0 Å². The molecule has 2 heteroatoms. The molecule has 0 aliphatic carbocycles. The van der Waals surface area contributed by atoms with Gasteiger partial charge in [0.25, 0.3) is 0 Å². The summed E-state index contributed by atoms with van der Waals surface area (Å²) >= 11 is 0. The van der Waals surface area contributed by atoms with Crippen LogP contribution in [0.15, 0.2) is 30.3 Å². The minimum absolute atomic E-state index is 0.0687. The van der Waals surface area contributed by atoms with E-state index in [0.29, 0.717) is 11.1 Å². The topological polar surface area (TPSA) is 17.1 Å². The van der Waals surface area contributed by atoms with Crippen molar-refractivity contribution < 1.29 is 9.18 Å². The van der Waals surface area contributed by atoms with Crippen molar-refractivity contribution in [2.24, 2.45) is 0 Å². The Morgan fingerprint density at radius 1 is 1.31 bits per heavy atom. The molecule has 0 saturated carbocycles. The molecule has 1 aromatic carbocycles. The van der Waals surface area contributed by atoms with Gasteiger partial charge in [0.15, 0.2) is 5.78 Å². The minimum atomic E-state index is -0.294. The van der Waals surface area contributed by atoms with Crippen LogP contribution in [0.2, 0.25) is 0 Å². The number of hydrogen-bond donors (Lipinski definition) is 0. The third-order valence-electron chi connectivity index (χ3n) is 1.72. The van der Waals surface area contributed by atoms with E-state index in [4.69, 9.17) is 0 Å². The van der Waals surface area contributed by atoms with Gasteiger partial charge >= 0.3 is 0 Å². The molecule has 0 atom stereocenters. The van der Waals surface area contributed by atoms with E-state index in [2.05, 4.69) is 0 Å². The summed E-state index contributed by atoms with van der Waals surface area (Å²) in [5, 5.41) is 0. The van der Waals surface area contributed by atoms with Crippen LogP contribution in [0.3, 0.4) is 0 Å². The highest BCUT2D eigenvalue weighted by Crippen LogP contribution is 2.16. The van der Waals surface area contributed by atoms with E-state index in [1.807, 2.05) is 0 Å². The zero-order valence-electron chi connectivity index (χ0n) is 7.67. The summed E-state index contributed by atoms with van der Waals surface area (Å²) in [5.41, 5.74) is 1.14. The molecule has 0 heterocycles. The van der Waals surface area contributed by atoms with Gasteiger partial charge in [0.2, 0.25) is 0 Å². The lowest BCUT2D eigenvalue weighted by molar-refractivity contribution is -0.112. The van der Waals surface area contributed by atoms with Crippen molar-refractivity contribution in [3.63, 3.8) is 0 Å². The van der Waals surface area contributed by atoms with Gasteiger partial charge in [-0.05, 0) is 31.6 Å². The average Bonchev–Trinajstić information content (AvgIpc) is 2.03. The molecular weight excluding hydrogens is 167 g/mol. The molecule has 0 aliphatic rings. The third kappa shape index (κ3) is 2.51. The Bertz CT molecular complexity index is 353. The molecule has 1 rings (SSSR count). The van der Waals surface area contributed by atoms with Gasteiger partial charge in [0.05, 0.1) is 0 Å². The highest BCUT2D eigenvalue weighted by molar-refractivity contribution is 5.94. The van der Waals surface area contributed by atoms with Crippen molar-refractivity contribution in [2.75, 3.05) is 0 Å². The SMILES string of the molecule is CC(=O)/C=C(\C)c1ccccc1F. The second kappa shape index (κ2) is 3.99. The predicted octanol–water partition coefficient (Wildman–Crippen LogP) is 2.82. The molecule has 68 valence electrons. The molecule has 0 amide bonds. The first-order valence-electron chi connectivity index (χ1n) is 4.05. The molecule has 0 N–H and O–H groups in total. The van der Waals surface area contributed by atoms with E-state index < -0.39 is 0 Å². The van der Waals surface area contributed by atoms with Gasteiger partial charge in [0.1, 0.15) is 5.82 Å². The number of halogens is 1. The van der Waals surface area contributed by atoms with Crippen LogP contribution in [0.1, 0.15) is 19.4 Å². The quantitative estimate of drug-likeness (QED) is 0.636. The maximum atomic E-state index is 13.1. The molecule has 13 heavy (non-hydrogen) atoms. The lowest BCUT2D eigenvalue weighted by Gasteiger charge is -2.01. The molecule has 1 aromatic rings. The number of ketones is 1. The summed E-state index contributed by atoms with van der Waals surface area (Å²) in [6.45, 7) is 3.17. The van der Waals surface area contributed by atoms with Gasteiger partial charge in [-0.2, -0.15) is 0 Å². The minimum Gasteiger partial charge on any atom is -0.295 e. The summed E-state index contributed by atoms with van der Waals surface area (Å²) in [4.78, 5) is 10.7. The van der Waals surface area contributed by atoms with E-state index >= 15 is 0 Å². The molecule has 0 radical (unpaired) electrons. The number of carbonyl (C=O) groups excluding carboxylic acids is 1. The van der Waals surface area contributed by atoms with Crippen molar-refractivity contribution >= 4 is 11.4 Å². The van der Waals surface area contributed by atoms with Crippen LogP contribution in [0.4, 0.5) is 4.39 Å². The highest BCUT2D eigenvalue weighted by atomic mass is 19.1. The molecule has 0 aromatic heterocycles. The Kier molecular flexibility index (Phi) is 2.96. The normalized spacial score (nSPS) is 11.5. The van der Waals surface area contributed by atoms with Crippen molar-refractivity contribution in [3.05, 3.63) is 41.7 Å². The van der Waals surface area contributed by atoms with Gasteiger partial charge < -0.3 is 0 Å². The van der Waals surface area contributed by atoms with E-state index in [1.165, 1.54) is 19.1 Å². The maximum Gasteiger partial charge on any atom is 0.152 e.